The van der Waals surface area contributed by atoms with Gasteiger partial charge in [0.2, 0.25) is 0 Å². The molecule has 0 spiro atoms. The number of nitrogens with two attached hydrogens (primary N) is 1. The highest BCUT2D eigenvalue weighted by Crippen LogP contribution is 2.17. The van der Waals surface area contributed by atoms with Crippen LogP contribution < -0.4 is 5.73 Å². The zero-order valence-corrected chi connectivity index (χ0v) is 7.06. The minimum atomic E-state index is -0.395. The van der Waals surface area contributed by atoms with E-state index in [1.807, 2.05) is 0 Å². The van der Waals surface area contributed by atoms with Crippen LogP contribution in [-0.2, 0) is 0 Å². The first-order valence-corrected chi connectivity index (χ1v) is 3.61. The number of rotatable bonds is 0. The van der Waals surface area contributed by atoms with Crippen LogP contribution in [0.25, 0.3) is 0 Å². The van der Waals surface area contributed by atoms with Gasteiger partial charge in [-0.2, -0.15) is 5.26 Å². The Kier molecular flexibility index (Phi) is 2.52. The molecule has 2 nitrogen and oxygen atoms in total. The summed E-state index contributed by atoms with van der Waals surface area (Å²) in [5.74, 6) is 4.24. The molecule has 0 bridgehead atoms. The van der Waals surface area contributed by atoms with Gasteiger partial charge in [-0.1, -0.05) is 0 Å². The minimum Gasteiger partial charge on any atom is -0.397 e. The molecule has 0 atom stereocenters. The zero-order chi connectivity index (χ0) is 9.84. The normalized spacial score (nSPS) is 8.38. The molecule has 13 heavy (non-hydrogen) atoms. The summed E-state index contributed by atoms with van der Waals surface area (Å²) >= 11 is 0. The Balaban J connectivity index is 3.30. The topological polar surface area (TPSA) is 49.8 Å². The molecular weight excluding hydrogens is 167 g/mol. The van der Waals surface area contributed by atoms with Crippen molar-refractivity contribution in [3.8, 4) is 17.9 Å². The van der Waals surface area contributed by atoms with Crippen LogP contribution >= 0.6 is 0 Å². The summed E-state index contributed by atoms with van der Waals surface area (Å²) < 4.78 is 12.8. The molecule has 0 saturated heterocycles. The van der Waals surface area contributed by atoms with Gasteiger partial charge in [-0.25, -0.2) is 4.39 Å². The van der Waals surface area contributed by atoms with Crippen molar-refractivity contribution >= 4 is 5.69 Å². The van der Waals surface area contributed by atoms with Crippen molar-refractivity contribution in [3.63, 3.8) is 0 Å². The molecule has 3 heteroatoms. The highest BCUT2D eigenvalue weighted by atomic mass is 19.1. The average molecular weight is 174 g/mol. The van der Waals surface area contributed by atoms with Crippen molar-refractivity contribution in [1.82, 2.24) is 0 Å². The molecule has 1 rings (SSSR count). The lowest BCUT2D eigenvalue weighted by atomic mass is 10.1. The van der Waals surface area contributed by atoms with Gasteiger partial charge in [0, 0.05) is 5.92 Å². The predicted octanol–water partition coefficient (Wildman–Crippen LogP) is 1.59. The van der Waals surface area contributed by atoms with Crippen molar-refractivity contribution in [1.29, 1.82) is 5.26 Å². The first-order chi connectivity index (χ1) is 6.15. The predicted molar refractivity (Wildman–Crippen MR) is 48.0 cm³/mol. The second-order valence-electron chi connectivity index (χ2n) is 2.55. The lowest BCUT2D eigenvalue weighted by molar-refractivity contribution is 0.626. The minimum absolute atomic E-state index is 0.360. The summed E-state index contributed by atoms with van der Waals surface area (Å²) in [7, 11) is 0. The van der Waals surface area contributed by atoms with Gasteiger partial charge in [-0.15, -0.1) is 0 Å². The maximum atomic E-state index is 12.8. The molecule has 0 aliphatic heterocycles. The van der Waals surface area contributed by atoms with E-state index in [2.05, 4.69) is 11.8 Å². The van der Waals surface area contributed by atoms with Crippen LogP contribution in [-0.4, -0.2) is 0 Å². The van der Waals surface area contributed by atoms with Gasteiger partial charge in [0.1, 0.15) is 5.82 Å². The van der Waals surface area contributed by atoms with Gasteiger partial charge in [0.25, 0.3) is 0 Å². The lowest BCUT2D eigenvalue weighted by Crippen LogP contribution is -1.95. The highest BCUT2D eigenvalue weighted by molar-refractivity contribution is 5.61. The molecule has 2 N–H and O–H groups in total. The number of hydrogen-bond acceptors (Lipinski definition) is 2. The fraction of sp³-hybridized carbons (Fsp3) is 0.100. The fourth-order valence-electron chi connectivity index (χ4n) is 0.953. The number of nitriles is 1. The molecule has 0 radical (unpaired) electrons. The van der Waals surface area contributed by atoms with Crippen molar-refractivity contribution in [3.05, 3.63) is 29.1 Å². The van der Waals surface area contributed by atoms with Gasteiger partial charge >= 0.3 is 0 Å². The van der Waals surface area contributed by atoms with E-state index in [1.54, 1.807) is 13.0 Å². The Morgan fingerprint density at radius 1 is 1.46 bits per heavy atom. The molecule has 0 heterocycles. The Morgan fingerprint density at radius 2 is 2.15 bits per heavy atom. The third-order valence-corrected chi connectivity index (χ3v) is 1.60. The van der Waals surface area contributed by atoms with E-state index >= 15 is 0 Å². The number of nitrogen functional groups attached to an aromatic ring is 1. The molecule has 0 aromatic heterocycles. The SMILES string of the molecule is Cc1cc(F)cc(C#CC#N)c1N. The molecule has 0 aliphatic rings. The molecule has 0 fully saturated rings. The summed E-state index contributed by atoms with van der Waals surface area (Å²) in [6.45, 7) is 1.69. The molecule has 64 valence electrons. The van der Waals surface area contributed by atoms with Crippen LogP contribution in [0.4, 0.5) is 10.1 Å². The maximum absolute atomic E-state index is 12.8. The number of anilines is 1. The Labute approximate surface area is 75.8 Å². The summed E-state index contributed by atoms with van der Waals surface area (Å²) in [6, 6.07) is 4.18. The summed E-state index contributed by atoms with van der Waals surface area (Å²) in [5.41, 5.74) is 7.02. The maximum Gasteiger partial charge on any atom is 0.152 e. The number of nitrogens with zero attached hydrogens (tertiary/aromatic N) is 1. The van der Waals surface area contributed by atoms with E-state index in [9.17, 15) is 4.39 Å². The molecule has 0 unspecified atom stereocenters. The highest BCUT2D eigenvalue weighted by Gasteiger charge is 2.02. The fourth-order valence-corrected chi connectivity index (χ4v) is 0.953. The van der Waals surface area contributed by atoms with E-state index in [0.717, 1.165) is 0 Å². The smallest absolute Gasteiger partial charge is 0.152 e. The molecule has 0 aliphatic carbocycles. The van der Waals surface area contributed by atoms with Crippen molar-refractivity contribution in [2.75, 3.05) is 5.73 Å². The van der Waals surface area contributed by atoms with Crippen molar-refractivity contribution < 1.29 is 4.39 Å². The first kappa shape index (κ1) is 9.09. The Bertz CT molecular complexity index is 433. The van der Waals surface area contributed by atoms with Gasteiger partial charge < -0.3 is 5.73 Å². The van der Waals surface area contributed by atoms with Crippen LogP contribution in [0.1, 0.15) is 11.1 Å². The quantitative estimate of drug-likeness (QED) is 0.479. The lowest BCUT2D eigenvalue weighted by Gasteiger charge is -2.02. The summed E-state index contributed by atoms with van der Waals surface area (Å²) in [6.07, 6.45) is 0. The van der Waals surface area contributed by atoms with Gasteiger partial charge in [0.15, 0.2) is 6.07 Å². The molecular formula is C10H7FN2. The Hall–Kier alpha value is -2.00. The van der Waals surface area contributed by atoms with Gasteiger partial charge in [-0.05, 0) is 30.5 Å². The number of halogens is 1. The molecule has 1 aromatic rings. The van der Waals surface area contributed by atoms with E-state index in [-0.39, 0.29) is 0 Å². The van der Waals surface area contributed by atoms with Gasteiger partial charge in [-0.3, -0.25) is 0 Å². The molecule has 0 saturated carbocycles. The van der Waals surface area contributed by atoms with Crippen LogP contribution in [0.5, 0.6) is 0 Å². The third-order valence-electron chi connectivity index (χ3n) is 1.60. The number of aryl methyl sites for hydroxylation is 1. The summed E-state index contributed by atoms with van der Waals surface area (Å²) in [5, 5.41) is 8.20. The van der Waals surface area contributed by atoms with E-state index < -0.39 is 5.82 Å². The zero-order valence-electron chi connectivity index (χ0n) is 7.06. The Morgan fingerprint density at radius 3 is 2.77 bits per heavy atom. The second-order valence-corrected chi connectivity index (χ2v) is 2.55. The van der Waals surface area contributed by atoms with E-state index in [1.165, 1.54) is 12.1 Å². The molecule has 0 amide bonds. The van der Waals surface area contributed by atoms with Gasteiger partial charge in [0.05, 0.1) is 11.3 Å². The number of hydrogen-bond donors (Lipinski definition) is 1. The first-order valence-electron chi connectivity index (χ1n) is 3.61. The van der Waals surface area contributed by atoms with Crippen molar-refractivity contribution in [2.24, 2.45) is 0 Å². The number of benzene rings is 1. The summed E-state index contributed by atoms with van der Waals surface area (Å²) in [4.78, 5) is 0. The standard InChI is InChI=1S/C10H7FN2/c1-7-5-9(11)6-8(10(7)13)3-2-4-12/h5-6H,13H2,1H3. The average Bonchev–Trinajstić information content (AvgIpc) is 2.09. The largest absolute Gasteiger partial charge is 0.397 e. The van der Waals surface area contributed by atoms with Crippen molar-refractivity contribution in [2.45, 2.75) is 6.92 Å². The molecule has 1 aromatic carbocycles. The van der Waals surface area contributed by atoms with E-state index in [0.29, 0.717) is 16.8 Å². The second kappa shape index (κ2) is 3.60. The van der Waals surface area contributed by atoms with Crippen LogP contribution in [0.2, 0.25) is 0 Å². The van der Waals surface area contributed by atoms with Crippen LogP contribution in [0.3, 0.4) is 0 Å². The monoisotopic (exact) mass is 174 g/mol. The van der Waals surface area contributed by atoms with Crippen LogP contribution in [0, 0.1) is 35.9 Å². The van der Waals surface area contributed by atoms with E-state index in [4.69, 9.17) is 11.0 Å². The third kappa shape index (κ3) is 1.98. The van der Waals surface area contributed by atoms with Crippen LogP contribution in [0.15, 0.2) is 12.1 Å².